The van der Waals surface area contributed by atoms with Crippen LogP contribution < -0.4 is 9.62 Å². The first kappa shape index (κ1) is 33.4. The Kier molecular flexibility index (Phi) is 11.6. The van der Waals surface area contributed by atoms with Gasteiger partial charge >= 0.3 is 0 Å². The smallest absolute Gasteiger partial charge is 0.244 e. The molecule has 1 saturated carbocycles. The van der Waals surface area contributed by atoms with Crippen molar-refractivity contribution in [3.05, 3.63) is 97.9 Å². The van der Waals surface area contributed by atoms with Gasteiger partial charge in [-0.1, -0.05) is 102 Å². The van der Waals surface area contributed by atoms with Gasteiger partial charge in [-0.2, -0.15) is 0 Å². The molecular formula is C31H33Cl4N3O4S. The van der Waals surface area contributed by atoms with Crippen molar-refractivity contribution in [3.63, 3.8) is 0 Å². The first-order valence-electron chi connectivity index (χ1n) is 13.9. The number of anilines is 1. The Balaban J connectivity index is 1.76. The van der Waals surface area contributed by atoms with E-state index in [0.29, 0.717) is 15.6 Å². The number of nitrogens with one attached hydrogen (secondary N) is 1. The maximum absolute atomic E-state index is 14.3. The molecule has 1 atom stereocenters. The Morgan fingerprint density at radius 3 is 2.14 bits per heavy atom. The molecule has 2 amide bonds. The average Bonchev–Trinajstić information content (AvgIpc) is 2.94. The second-order valence-electron chi connectivity index (χ2n) is 10.7. The van der Waals surface area contributed by atoms with Crippen molar-refractivity contribution in [1.82, 2.24) is 10.2 Å². The van der Waals surface area contributed by atoms with Crippen molar-refractivity contribution >= 4 is 73.9 Å². The van der Waals surface area contributed by atoms with Gasteiger partial charge in [-0.15, -0.1) is 0 Å². The molecule has 0 saturated heterocycles. The fourth-order valence-corrected chi connectivity index (χ4v) is 7.04. The maximum Gasteiger partial charge on any atom is 0.244 e. The van der Waals surface area contributed by atoms with Gasteiger partial charge < -0.3 is 10.2 Å². The number of benzene rings is 3. The van der Waals surface area contributed by atoms with E-state index in [0.717, 1.165) is 48.2 Å². The van der Waals surface area contributed by atoms with Gasteiger partial charge in [0.2, 0.25) is 21.8 Å². The Bertz CT molecular complexity index is 1530. The van der Waals surface area contributed by atoms with Crippen LogP contribution >= 0.6 is 46.4 Å². The molecule has 1 N–H and O–H groups in total. The molecule has 3 aromatic rings. The Morgan fingerprint density at radius 1 is 0.884 bits per heavy atom. The summed E-state index contributed by atoms with van der Waals surface area (Å²) < 4.78 is 26.9. The van der Waals surface area contributed by atoms with Gasteiger partial charge in [0.15, 0.2) is 0 Å². The van der Waals surface area contributed by atoms with Crippen molar-refractivity contribution in [2.75, 3.05) is 17.1 Å². The molecular weight excluding hydrogens is 652 g/mol. The minimum absolute atomic E-state index is 0.00304. The zero-order valence-electron chi connectivity index (χ0n) is 23.6. The number of halogens is 4. The van der Waals surface area contributed by atoms with Crippen molar-refractivity contribution in [2.24, 2.45) is 0 Å². The fourth-order valence-electron chi connectivity index (χ4n) is 5.23. The molecule has 43 heavy (non-hydrogen) atoms. The van der Waals surface area contributed by atoms with Gasteiger partial charge in [0, 0.05) is 39.1 Å². The summed E-state index contributed by atoms with van der Waals surface area (Å²) in [6, 6.07) is 17.6. The quantitative estimate of drug-likeness (QED) is 0.232. The highest BCUT2D eigenvalue weighted by atomic mass is 35.5. The van der Waals surface area contributed by atoms with E-state index in [1.54, 1.807) is 18.2 Å². The van der Waals surface area contributed by atoms with Crippen LogP contribution in [0.25, 0.3) is 0 Å². The molecule has 1 unspecified atom stereocenters. The minimum Gasteiger partial charge on any atom is -0.352 e. The Morgan fingerprint density at radius 2 is 1.53 bits per heavy atom. The third kappa shape index (κ3) is 9.50. The number of sulfonamides is 1. The number of carbonyl (C=O) groups excluding carboxylic acids is 2. The van der Waals surface area contributed by atoms with Gasteiger partial charge in [-0.25, -0.2) is 8.42 Å². The van der Waals surface area contributed by atoms with E-state index in [4.69, 9.17) is 46.4 Å². The number of amides is 2. The summed E-state index contributed by atoms with van der Waals surface area (Å²) in [5.41, 5.74) is 1.52. The lowest BCUT2D eigenvalue weighted by molar-refractivity contribution is -0.140. The molecule has 0 spiro atoms. The standard InChI is InChI=1S/C31H33Cl4N3O4S/c1-43(41,42)38(27-16-24(33)15-25(34)17-27)20-30(39)37(19-22-12-13-23(32)18-28(22)35)29(14-21-8-4-2-5-9-21)31(40)36-26-10-6-3-7-11-26/h2,4-5,8-9,12-13,15-18,26,29H,3,6-7,10-11,14,19-20H2,1H3,(H,36,40). The molecule has 3 aromatic carbocycles. The van der Waals surface area contributed by atoms with Crippen LogP contribution in [0.4, 0.5) is 5.69 Å². The van der Waals surface area contributed by atoms with Gasteiger partial charge in [0.25, 0.3) is 0 Å². The van der Waals surface area contributed by atoms with Crippen LogP contribution in [0.3, 0.4) is 0 Å². The largest absolute Gasteiger partial charge is 0.352 e. The predicted octanol–water partition coefficient (Wildman–Crippen LogP) is 7.16. The summed E-state index contributed by atoms with van der Waals surface area (Å²) in [4.78, 5) is 29.7. The van der Waals surface area contributed by atoms with E-state index < -0.39 is 28.5 Å². The van der Waals surface area contributed by atoms with Gasteiger partial charge in [0.1, 0.15) is 12.6 Å². The summed E-state index contributed by atoms with van der Waals surface area (Å²) >= 11 is 25.0. The summed E-state index contributed by atoms with van der Waals surface area (Å²) in [7, 11) is -3.97. The maximum atomic E-state index is 14.3. The highest BCUT2D eigenvalue weighted by molar-refractivity contribution is 7.92. The number of hydrogen-bond acceptors (Lipinski definition) is 4. The van der Waals surface area contributed by atoms with E-state index in [-0.39, 0.29) is 40.6 Å². The van der Waals surface area contributed by atoms with Crippen LogP contribution in [0.1, 0.15) is 43.2 Å². The van der Waals surface area contributed by atoms with Crippen molar-refractivity contribution in [2.45, 2.75) is 57.2 Å². The lowest BCUT2D eigenvalue weighted by Gasteiger charge is -2.35. The van der Waals surface area contributed by atoms with Crippen molar-refractivity contribution < 1.29 is 18.0 Å². The first-order valence-corrected chi connectivity index (χ1v) is 17.3. The molecule has 230 valence electrons. The fraction of sp³-hybridized carbons (Fsp3) is 0.355. The Labute approximate surface area is 273 Å². The molecule has 0 aliphatic heterocycles. The molecule has 1 fully saturated rings. The predicted molar refractivity (Wildman–Crippen MR) is 175 cm³/mol. The third-order valence-electron chi connectivity index (χ3n) is 7.39. The third-order valence-corrected chi connectivity index (χ3v) is 9.56. The topological polar surface area (TPSA) is 86.8 Å². The first-order chi connectivity index (χ1) is 20.4. The zero-order chi connectivity index (χ0) is 31.1. The number of rotatable bonds is 11. The van der Waals surface area contributed by atoms with Crippen LogP contribution in [0.15, 0.2) is 66.7 Å². The van der Waals surface area contributed by atoms with Gasteiger partial charge in [-0.3, -0.25) is 13.9 Å². The molecule has 1 aliphatic rings. The number of hydrogen-bond donors (Lipinski definition) is 1. The van der Waals surface area contributed by atoms with Crippen molar-refractivity contribution in [3.8, 4) is 0 Å². The van der Waals surface area contributed by atoms with E-state index in [1.807, 2.05) is 30.3 Å². The van der Waals surface area contributed by atoms with Gasteiger partial charge in [0.05, 0.1) is 11.9 Å². The monoisotopic (exact) mass is 683 g/mol. The van der Waals surface area contributed by atoms with E-state index >= 15 is 0 Å². The summed E-state index contributed by atoms with van der Waals surface area (Å²) in [6.45, 7) is -0.652. The molecule has 0 radical (unpaired) electrons. The van der Waals surface area contributed by atoms with E-state index in [9.17, 15) is 18.0 Å². The molecule has 7 nitrogen and oxygen atoms in total. The molecule has 0 bridgehead atoms. The average molecular weight is 686 g/mol. The van der Waals surface area contributed by atoms with Crippen LogP contribution in [-0.4, -0.2) is 50.0 Å². The SMILES string of the molecule is CS(=O)(=O)N(CC(=O)N(Cc1ccc(Cl)cc1Cl)C(Cc1ccccc1)C(=O)NC1CCCCC1)c1cc(Cl)cc(Cl)c1. The van der Waals surface area contributed by atoms with E-state index in [1.165, 1.54) is 23.1 Å². The van der Waals surface area contributed by atoms with Crippen LogP contribution in [0.2, 0.25) is 20.1 Å². The van der Waals surface area contributed by atoms with Crippen molar-refractivity contribution in [1.29, 1.82) is 0 Å². The highest BCUT2D eigenvalue weighted by Crippen LogP contribution is 2.29. The van der Waals surface area contributed by atoms with E-state index in [2.05, 4.69) is 5.32 Å². The number of nitrogens with zero attached hydrogens (tertiary/aromatic N) is 2. The molecule has 12 heteroatoms. The minimum atomic E-state index is -3.97. The molecule has 1 aliphatic carbocycles. The van der Waals surface area contributed by atoms with Gasteiger partial charge in [-0.05, 0) is 54.3 Å². The zero-order valence-corrected chi connectivity index (χ0v) is 27.5. The Hall–Kier alpha value is -2.49. The lowest BCUT2D eigenvalue weighted by Crippen LogP contribution is -2.55. The molecule has 4 rings (SSSR count). The second-order valence-corrected chi connectivity index (χ2v) is 14.3. The lowest BCUT2D eigenvalue weighted by atomic mass is 9.94. The van der Waals surface area contributed by atoms with Crippen LogP contribution in [0, 0.1) is 0 Å². The summed E-state index contributed by atoms with van der Waals surface area (Å²) in [5, 5.41) is 4.32. The van der Waals surface area contributed by atoms with Crippen LogP contribution in [0.5, 0.6) is 0 Å². The highest BCUT2D eigenvalue weighted by Gasteiger charge is 2.34. The second kappa shape index (κ2) is 15.0. The van der Waals surface area contributed by atoms with Crippen LogP contribution in [-0.2, 0) is 32.6 Å². The number of carbonyl (C=O) groups is 2. The summed E-state index contributed by atoms with van der Waals surface area (Å²) in [5.74, 6) is -0.918. The summed E-state index contributed by atoms with van der Waals surface area (Å²) in [6.07, 6.45) is 6.07. The normalized spacial score (nSPS) is 14.6. The molecule has 0 heterocycles. The molecule has 0 aromatic heterocycles.